The Morgan fingerprint density at radius 3 is 2.41 bits per heavy atom. The summed E-state index contributed by atoms with van der Waals surface area (Å²) in [6, 6.07) is -1.17. The third-order valence-corrected chi connectivity index (χ3v) is 3.40. The normalized spacial score (nSPS) is 29.1. The van der Waals surface area contributed by atoms with Gasteiger partial charge in [-0.3, -0.25) is 14.9 Å². The molecule has 0 radical (unpaired) electrons. The first-order chi connectivity index (χ1) is 7.77. The van der Waals surface area contributed by atoms with Crippen LogP contribution in [-0.4, -0.2) is 41.0 Å². The van der Waals surface area contributed by atoms with Gasteiger partial charge in [-0.15, -0.1) is 0 Å². The highest BCUT2D eigenvalue weighted by atomic mass is 16.6. The molecular weight excluding hydrogens is 224 g/mol. The van der Waals surface area contributed by atoms with E-state index in [9.17, 15) is 20.0 Å². The van der Waals surface area contributed by atoms with Crippen molar-refractivity contribution in [1.82, 2.24) is 4.90 Å². The van der Waals surface area contributed by atoms with Gasteiger partial charge in [0.05, 0.1) is 5.57 Å². The summed E-state index contributed by atoms with van der Waals surface area (Å²) in [7, 11) is 3.12. The van der Waals surface area contributed by atoms with Crippen LogP contribution in [0, 0.1) is 22.0 Å². The highest BCUT2D eigenvalue weighted by Gasteiger charge is 2.43. The van der Waals surface area contributed by atoms with E-state index in [4.69, 9.17) is 0 Å². The zero-order valence-corrected chi connectivity index (χ0v) is 10.5. The second-order valence-corrected chi connectivity index (χ2v) is 4.83. The zero-order chi connectivity index (χ0) is 13.3. The summed E-state index contributed by atoms with van der Waals surface area (Å²) >= 11 is 0. The van der Waals surface area contributed by atoms with Crippen LogP contribution in [0.1, 0.15) is 20.3 Å². The lowest BCUT2D eigenvalue weighted by molar-refractivity contribution is -0.528. The van der Waals surface area contributed by atoms with Crippen molar-refractivity contribution in [2.24, 2.45) is 11.8 Å². The largest absolute Gasteiger partial charge is 0.505 e. The summed E-state index contributed by atoms with van der Waals surface area (Å²) in [4.78, 5) is 23.6. The lowest BCUT2D eigenvalue weighted by Crippen LogP contribution is -2.40. The van der Waals surface area contributed by atoms with Gasteiger partial charge >= 0.3 is 0 Å². The smallest absolute Gasteiger partial charge is 0.272 e. The molecule has 0 saturated carbocycles. The minimum Gasteiger partial charge on any atom is -0.505 e. The number of likely N-dealkylation sites (N-methyl/N-ethyl adjacent to an activating group) is 1. The quantitative estimate of drug-likeness (QED) is 0.582. The molecule has 1 rings (SSSR count). The van der Waals surface area contributed by atoms with Crippen molar-refractivity contribution in [2.45, 2.75) is 26.3 Å². The van der Waals surface area contributed by atoms with Gasteiger partial charge in [-0.25, -0.2) is 0 Å². The van der Waals surface area contributed by atoms with Crippen LogP contribution < -0.4 is 0 Å². The lowest BCUT2D eigenvalue weighted by atomic mass is 9.77. The summed E-state index contributed by atoms with van der Waals surface area (Å²) in [5.74, 6) is -1.00. The van der Waals surface area contributed by atoms with Crippen LogP contribution in [0.25, 0.3) is 0 Å². The molecule has 0 aromatic heterocycles. The number of hydrogen-bond acceptors (Lipinski definition) is 4. The molecule has 3 atom stereocenters. The summed E-state index contributed by atoms with van der Waals surface area (Å²) < 4.78 is 0. The van der Waals surface area contributed by atoms with Crippen molar-refractivity contribution < 1.29 is 14.8 Å². The number of aliphatic hydroxyl groups is 1. The van der Waals surface area contributed by atoms with Crippen LogP contribution in [0.15, 0.2) is 11.3 Å². The molecule has 0 aromatic carbocycles. The summed E-state index contributed by atoms with van der Waals surface area (Å²) in [5, 5.41) is 20.8. The van der Waals surface area contributed by atoms with Gasteiger partial charge in [-0.1, -0.05) is 13.8 Å². The molecule has 0 spiro atoms. The molecule has 0 aliphatic heterocycles. The maximum Gasteiger partial charge on any atom is 0.272 e. The van der Waals surface area contributed by atoms with E-state index in [1.807, 2.05) is 6.92 Å². The van der Waals surface area contributed by atoms with E-state index in [1.165, 1.54) is 4.90 Å². The van der Waals surface area contributed by atoms with Crippen molar-refractivity contribution in [2.75, 3.05) is 14.1 Å². The zero-order valence-electron chi connectivity index (χ0n) is 10.5. The van der Waals surface area contributed by atoms with E-state index in [0.717, 1.165) is 0 Å². The molecule has 17 heavy (non-hydrogen) atoms. The van der Waals surface area contributed by atoms with Crippen LogP contribution in [0.2, 0.25) is 0 Å². The average molecular weight is 242 g/mol. The Morgan fingerprint density at radius 1 is 1.47 bits per heavy atom. The Morgan fingerprint density at radius 2 is 2.00 bits per heavy atom. The van der Waals surface area contributed by atoms with Gasteiger partial charge in [0.15, 0.2) is 5.76 Å². The summed E-state index contributed by atoms with van der Waals surface area (Å²) in [5.41, 5.74) is 0.169. The first-order valence-electron chi connectivity index (χ1n) is 5.54. The molecule has 0 saturated heterocycles. The predicted octanol–water partition coefficient (Wildman–Crippen LogP) is 1.21. The molecule has 1 aliphatic carbocycles. The summed E-state index contributed by atoms with van der Waals surface area (Å²) in [6.07, 6.45) is 0.383. The van der Waals surface area contributed by atoms with Gasteiger partial charge in [-0.05, 0) is 12.3 Å². The van der Waals surface area contributed by atoms with Crippen LogP contribution in [-0.2, 0) is 4.79 Å². The highest BCUT2D eigenvalue weighted by molar-refractivity contribution is 5.93. The Balaban J connectivity index is 3.19. The maximum atomic E-state index is 11.8. The van der Waals surface area contributed by atoms with Gasteiger partial charge in [0.1, 0.15) is 0 Å². The highest BCUT2D eigenvalue weighted by Crippen LogP contribution is 2.35. The minimum absolute atomic E-state index is 0.000185. The van der Waals surface area contributed by atoms with Gasteiger partial charge in [0.2, 0.25) is 0 Å². The first kappa shape index (κ1) is 13.5. The molecule has 1 amide bonds. The monoisotopic (exact) mass is 242 g/mol. The number of carbonyl (C=O) groups is 1. The van der Waals surface area contributed by atoms with Gasteiger partial charge in [0, 0.05) is 24.9 Å². The number of amides is 1. The van der Waals surface area contributed by atoms with Crippen LogP contribution >= 0.6 is 0 Å². The van der Waals surface area contributed by atoms with Crippen molar-refractivity contribution >= 4 is 5.91 Å². The number of nitro groups is 1. The molecule has 0 heterocycles. The van der Waals surface area contributed by atoms with Gasteiger partial charge in [-0.2, -0.15) is 0 Å². The Bertz CT molecular complexity index is 376. The van der Waals surface area contributed by atoms with Crippen molar-refractivity contribution in [3.05, 3.63) is 21.4 Å². The third kappa shape index (κ3) is 2.40. The molecule has 3 unspecified atom stereocenters. The number of rotatable bonds is 2. The maximum absolute atomic E-state index is 11.8. The lowest BCUT2D eigenvalue weighted by Gasteiger charge is -2.30. The standard InChI is InChI=1S/C11H18N2O4/c1-6-5-8(11(15)12(3)4)10(14)9(7(6)2)13(16)17/h6-7,9,14H,5H2,1-4H3. The van der Waals surface area contributed by atoms with Crippen LogP contribution in [0.5, 0.6) is 0 Å². The first-order valence-corrected chi connectivity index (χ1v) is 5.54. The second kappa shape index (κ2) is 4.73. The molecule has 0 fully saturated rings. The second-order valence-electron chi connectivity index (χ2n) is 4.83. The molecule has 96 valence electrons. The number of hydrogen-bond donors (Lipinski definition) is 1. The van der Waals surface area contributed by atoms with Crippen molar-refractivity contribution in [1.29, 1.82) is 0 Å². The van der Waals surface area contributed by atoms with Gasteiger partial charge in [0.25, 0.3) is 11.9 Å². The molecule has 6 heteroatoms. The Hall–Kier alpha value is -1.59. The topological polar surface area (TPSA) is 83.7 Å². The van der Waals surface area contributed by atoms with Gasteiger partial charge < -0.3 is 10.0 Å². The SMILES string of the molecule is CC1CC(C(=O)N(C)C)=C(O)C([N+](=O)[O-])C1C. The van der Waals surface area contributed by atoms with E-state index >= 15 is 0 Å². The van der Waals surface area contributed by atoms with Crippen molar-refractivity contribution in [3.63, 3.8) is 0 Å². The van der Waals surface area contributed by atoms with E-state index < -0.39 is 11.0 Å². The predicted molar refractivity (Wildman–Crippen MR) is 62.1 cm³/mol. The third-order valence-electron chi connectivity index (χ3n) is 3.40. The molecule has 0 bridgehead atoms. The molecular formula is C11H18N2O4. The average Bonchev–Trinajstić information content (AvgIpc) is 2.22. The number of nitrogens with zero attached hydrogens (tertiary/aromatic N) is 2. The molecule has 1 aliphatic rings. The number of aliphatic hydroxyl groups excluding tert-OH is 1. The fourth-order valence-electron chi connectivity index (χ4n) is 2.11. The number of carbonyl (C=O) groups excluding carboxylic acids is 1. The fourth-order valence-corrected chi connectivity index (χ4v) is 2.11. The van der Waals surface area contributed by atoms with E-state index in [-0.39, 0.29) is 29.1 Å². The van der Waals surface area contributed by atoms with Crippen LogP contribution in [0.3, 0.4) is 0 Å². The Kier molecular flexibility index (Phi) is 3.75. The van der Waals surface area contributed by atoms with E-state index in [1.54, 1.807) is 21.0 Å². The van der Waals surface area contributed by atoms with Crippen LogP contribution in [0.4, 0.5) is 0 Å². The van der Waals surface area contributed by atoms with E-state index in [2.05, 4.69) is 0 Å². The van der Waals surface area contributed by atoms with Crippen molar-refractivity contribution in [3.8, 4) is 0 Å². The fraction of sp³-hybridized carbons (Fsp3) is 0.727. The Labute approximate surface area is 100 Å². The minimum atomic E-state index is -1.17. The van der Waals surface area contributed by atoms with E-state index in [0.29, 0.717) is 6.42 Å². The molecule has 0 aromatic rings. The summed E-state index contributed by atoms with van der Waals surface area (Å²) in [6.45, 7) is 3.59. The molecule has 6 nitrogen and oxygen atoms in total. The molecule has 1 N–H and O–H groups in total.